The van der Waals surface area contributed by atoms with E-state index in [0.29, 0.717) is 12.8 Å². The summed E-state index contributed by atoms with van der Waals surface area (Å²) >= 11 is 0. The van der Waals surface area contributed by atoms with Gasteiger partial charge in [0, 0.05) is 31.2 Å². The van der Waals surface area contributed by atoms with Crippen LogP contribution in [0.2, 0.25) is 0 Å². The van der Waals surface area contributed by atoms with Crippen molar-refractivity contribution in [1.82, 2.24) is 9.55 Å². The van der Waals surface area contributed by atoms with Crippen molar-refractivity contribution in [2.45, 2.75) is 104 Å². The van der Waals surface area contributed by atoms with E-state index in [2.05, 4.69) is 11.9 Å². The average molecular weight is 499 g/mol. The van der Waals surface area contributed by atoms with Crippen LogP contribution in [0.4, 0.5) is 0 Å². The maximum Gasteiger partial charge on any atom is 0.306 e. The van der Waals surface area contributed by atoms with Crippen LogP contribution in [0.15, 0.2) is 18.2 Å². The Morgan fingerprint density at radius 2 is 1.86 bits per heavy atom. The second-order valence-electron chi connectivity index (χ2n) is 12.0. The minimum Gasteiger partial charge on any atom is -0.457 e. The molecular formula is C29H42N2O5. The van der Waals surface area contributed by atoms with E-state index in [4.69, 9.17) is 9.47 Å². The zero-order valence-electron chi connectivity index (χ0n) is 22.8. The van der Waals surface area contributed by atoms with Crippen LogP contribution in [0.1, 0.15) is 90.6 Å². The third kappa shape index (κ3) is 5.37. The molecular weight excluding hydrogens is 456 g/mol. The number of benzene rings is 1. The van der Waals surface area contributed by atoms with E-state index in [1.54, 1.807) is 6.92 Å². The number of hydrogen-bond donors (Lipinski definition) is 1. The van der Waals surface area contributed by atoms with Crippen LogP contribution in [0.5, 0.6) is 0 Å². The molecule has 0 saturated carbocycles. The van der Waals surface area contributed by atoms with Gasteiger partial charge in [-0.1, -0.05) is 40.2 Å². The quantitative estimate of drug-likeness (QED) is 0.429. The van der Waals surface area contributed by atoms with Crippen LogP contribution in [-0.4, -0.2) is 44.2 Å². The van der Waals surface area contributed by atoms with E-state index in [9.17, 15) is 14.7 Å². The fraction of sp³-hybridized carbons (Fsp3) is 0.690. The molecule has 198 valence electrons. The lowest BCUT2D eigenvalue weighted by Gasteiger charge is -2.31. The van der Waals surface area contributed by atoms with Gasteiger partial charge in [-0.3, -0.25) is 9.59 Å². The molecule has 1 N–H and O–H groups in total. The van der Waals surface area contributed by atoms with Crippen molar-refractivity contribution in [3.63, 3.8) is 0 Å². The number of hydrogen-bond acceptors (Lipinski definition) is 6. The standard InChI is InChI=1S/C29H42N2O5/c1-17-9-8-13-29(6)24(36-29)16-23(20-10-11-22-21(15-20)30-19(3)31(22)7)35-25(32)12-14-28(4,5)27(34)18(2)26(17)33/h10-11,15,17-18,23-24,26,33H,8-9,12-14,16H2,1-7H3/t17-,18+,23-,24-,26-,29+/m0/s1. The van der Waals surface area contributed by atoms with E-state index < -0.39 is 23.5 Å². The van der Waals surface area contributed by atoms with Gasteiger partial charge in [-0.15, -0.1) is 0 Å². The molecule has 2 aromatic rings. The minimum atomic E-state index is -0.728. The van der Waals surface area contributed by atoms with Crippen molar-refractivity contribution in [3.8, 4) is 0 Å². The first kappa shape index (κ1) is 26.8. The Morgan fingerprint density at radius 1 is 1.14 bits per heavy atom. The van der Waals surface area contributed by atoms with Gasteiger partial charge in [-0.05, 0) is 56.7 Å². The number of rotatable bonds is 1. The number of cyclic esters (lactones) is 1. The fourth-order valence-corrected chi connectivity index (χ4v) is 5.76. The van der Waals surface area contributed by atoms with Crippen LogP contribution in [-0.2, 0) is 26.1 Å². The van der Waals surface area contributed by atoms with Gasteiger partial charge < -0.3 is 19.1 Å². The zero-order chi connectivity index (χ0) is 26.4. The number of aryl methyl sites for hydroxylation is 2. The number of carbonyl (C=O) groups is 2. The molecule has 3 heterocycles. The number of aromatic nitrogens is 2. The molecule has 2 saturated heterocycles. The summed E-state index contributed by atoms with van der Waals surface area (Å²) in [5, 5.41) is 10.9. The molecule has 7 heteroatoms. The van der Waals surface area contributed by atoms with Gasteiger partial charge in [0.25, 0.3) is 0 Å². The Hall–Kier alpha value is -2.25. The number of aliphatic hydroxyl groups excluding tert-OH is 1. The Bertz CT molecular complexity index is 1140. The van der Waals surface area contributed by atoms with Crippen LogP contribution in [0.25, 0.3) is 11.0 Å². The third-order valence-electron chi connectivity index (χ3n) is 8.70. The molecule has 2 fully saturated rings. The fourth-order valence-electron chi connectivity index (χ4n) is 5.76. The smallest absolute Gasteiger partial charge is 0.306 e. The highest BCUT2D eigenvalue weighted by Crippen LogP contribution is 2.46. The van der Waals surface area contributed by atoms with Gasteiger partial charge in [0.1, 0.15) is 17.7 Å². The molecule has 2 aliphatic rings. The molecule has 4 rings (SSSR count). The van der Waals surface area contributed by atoms with Crippen molar-refractivity contribution in [1.29, 1.82) is 0 Å². The van der Waals surface area contributed by atoms with E-state index in [1.807, 2.05) is 57.5 Å². The Labute approximate surface area is 214 Å². The number of epoxide rings is 1. The van der Waals surface area contributed by atoms with E-state index in [1.165, 1.54) is 0 Å². The van der Waals surface area contributed by atoms with Crippen LogP contribution >= 0.6 is 0 Å². The van der Waals surface area contributed by atoms with E-state index in [0.717, 1.165) is 41.7 Å². The van der Waals surface area contributed by atoms with Gasteiger partial charge in [-0.25, -0.2) is 4.98 Å². The molecule has 0 amide bonds. The van der Waals surface area contributed by atoms with Crippen molar-refractivity contribution < 1.29 is 24.2 Å². The number of aliphatic hydroxyl groups is 1. The predicted octanol–water partition coefficient (Wildman–Crippen LogP) is 5.21. The summed E-state index contributed by atoms with van der Waals surface area (Å²) in [5.41, 5.74) is 1.83. The SMILES string of the molecule is Cc1nc2cc([C@@H]3C[C@@H]4O[C@]4(C)CCC[C@H](C)[C@H](O)[C@@H](C)C(=O)C(C)(C)CCC(=O)O3)ccc2n1C. The molecule has 0 bridgehead atoms. The Kier molecular flexibility index (Phi) is 7.37. The number of carbonyl (C=O) groups excluding carboxylic acids is 2. The number of esters is 1. The van der Waals surface area contributed by atoms with Gasteiger partial charge in [0.2, 0.25) is 0 Å². The Balaban J connectivity index is 1.60. The van der Waals surface area contributed by atoms with Crippen molar-refractivity contribution in [2.75, 3.05) is 0 Å². The number of ether oxygens (including phenoxy) is 2. The van der Waals surface area contributed by atoms with Gasteiger partial charge in [-0.2, -0.15) is 0 Å². The van der Waals surface area contributed by atoms with Crippen molar-refractivity contribution in [3.05, 3.63) is 29.6 Å². The molecule has 7 nitrogen and oxygen atoms in total. The summed E-state index contributed by atoms with van der Waals surface area (Å²) in [7, 11) is 1.99. The lowest BCUT2D eigenvalue weighted by molar-refractivity contribution is -0.151. The number of nitrogens with zero attached hydrogens (tertiary/aromatic N) is 2. The Morgan fingerprint density at radius 3 is 2.58 bits per heavy atom. The van der Waals surface area contributed by atoms with Crippen molar-refractivity contribution in [2.24, 2.45) is 24.3 Å². The molecule has 2 aliphatic heterocycles. The third-order valence-corrected chi connectivity index (χ3v) is 8.70. The normalized spacial score (nSPS) is 34.3. The zero-order valence-corrected chi connectivity index (χ0v) is 22.8. The largest absolute Gasteiger partial charge is 0.457 e. The first-order valence-electron chi connectivity index (χ1n) is 13.3. The van der Waals surface area contributed by atoms with Gasteiger partial charge in [0.05, 0.1) is 28.8 Å². The highest BCUT2D eigenvalue weighted by molar-refractivity contribution is 5.87. The molecule has 0 aliphatic carbocycles. The molecule has 0 unspecified atom stereocenters. The maximum absolute atomic E-state index is 13.2. The summed E-state index contributed by atoms with van der Waals surface area (Å²) in [6, 6.07) is 6.05. The second kappa shape index (κ2) is 9.90. The number of fused-ring (bicyclic) bond motifs is 2. The highest BCUT2D eigenvalue weighted by Gasteiger charge is 2.52. The predicted molar refractivity (Wildman–Crippen MR) is 138 cm³/mol. The summed E-state index contributed by atoms with van der Waals surface area (Å²) < 4.78 is 14.2. The van der Waals surface area contributed by atoms with E-state index in [-0.39, 0.29) is 35.8 Å². The monoisotopic (exact) mass is 498 g/mol. The number of Topliss-reactive ketones (excluding diaryl/α,β-unsaturated/α-hetero) is 1. The number of imidazole rings is 1. The van der Waals surface area contributed by atoms with Crippen LogP contribution < -0.4 is 0 Å². The summed E-state index contributed by atoms with van der Waals surface area (Å²) in [5.74, 6) is 0.122. The first-order chi connectivity index (χ1) is 16.8. The van der Waals surface area contributed by atoms with Crippen LogP contribution in [0, 0.1) is 24.2 Å². The lowest BCUT2D eigenvalue weighted by atomic mass is 9.74. The number of ketones is 1. The average Bonchev–Trinajstić information content (AvgIpc) is 3.38. The molecule has 1 aromatic carbocycles. The molecule has 0 radical (unpaired) electrons. The lowest BCUT2D eigenvalue weighted by Crippen LogP contribution is -2.39. The van der Waals surface area contributed by atoms with Gasteiger partial charge >= 0.3 is 5.97 Å². The molecule has 1 aromatic heterocycles. The maximum atomic E-state index is 13.2. The molecule has 0 spiro atoms. The summed E-state index contributed by atoms with van der Waals surface area (Å²) in [6.45, 7) is 11.6. The topological polar surface area (TPSA) is 94.0 Å². The summed E-state index contributed by atoms with van der Waals surface area (Å²) in [4.78, 5) is 30.9. The van der Waals surface area contributed by atoms with E-state index >= 15 is 0 Å². The second-order valence-corrected chi connectivity index (χ2v) is 12.0. The van der Waals surface area contributed by atoms with Gasteiger partial charge in [0.15, 0.2) is 0 Å². The first-order valence-corrected chi connectivity index (χ1v) is 13.3. The van der Waals surface area contributed by atoms with Crippen LogP contribution in [0.3, 0.4) is 0 Å². The molecule has 6 atom stereocenters. The summed E-state index contributed by atoms with van der Waals surface area (Å²) in [6.07, 6.45) is 2.55. The minimum absolute atomic E-state index is 0.00143. The highest BCUT2D eigenvalue weighted by atomic mass is 16.6. The van der Waals surface area contributed by atoms with Crippen molar-refractivity contribution >= 4 is 22.8 Å². The molecule has 36 heavy (non-hydrogen) atoms.